The predicted octanol–water partition coefficient (Wildman–Crippen LogP) is 2.22. The number of methoxy groups -OCH3 is 1. The van der Waals surface area contributed by atoms with Gasteiger partial charge in [0, 0.05) is 30.1 Å². The van der Waals surface area contributed by atoms with Crippen molar-refractivity contribution in [3.63, 3.8) is 0 Å². The number of nitrogens with zero attached hydrogens (tertiary/aromatic N) is 1. The first-order valence-electron chi connectivity index (χ1n) is 6.60. The third kappa shape index (κ3) is 3.63. The van der Waals surface area contributed by atoms with E-state index in [1.807, 2.05) is 19.1 Å². The van der Waals surface area contributed by atoms with Gasteiger partial charge < -0.3 is 15.8 Å². The number of hydrogen-bond donors (Lipinski definition) is 2. The molecule has 3 unspecified atom stereocenters. The molecule has 0 saturated carbocycles. The Hall–Kier alpha value is -0.820. The molecule has 0 radical (unpaired) electrons. The van der Waals surface area contributed by atoms with E-state index in [2.05, 4.69) is 15.0 Å². The van der Waals surface area contributed by atoms with Crippen LogP contribution in [0.4, 0.5) is 4.79 Å². The van der Waals surface area contributed by atoms with Crippen molar-refractivity contribution in [3.8, 4) is 0 Å². The number of amides is 1. The van der Waals surface area contributed by atoms with E-state index in [1.54, 1.807) is 11.3 Å². The lowest BCUT2D eigenvalue weighted by Gasteiger charge is -2.30. The molecule has 1 saturated heterocycles. The molecule has 5 nitrogen and oxygen atoms in total. The molecule has 1 aromatic rings. The number of carbonyl (C=O) groups is 1. The topological polar surface area (TPSA) is 67.6 Å². The van der Waals surface area contributed by atoms with Gasteiger partial charge in [-0.25, -0.2) is 4.79 Å². The second-order valence-electron chi connectivity index (χ2n) is 5.06. The number of halogens is 1. The molecule has 20 heavy (non-hydrogen) atoms. The molecule has 7 heteroatoms. The van der Waals surface area contributed by atoms with Crippen LogP contribution in [-0.4, -0.2) is 43.3 Å². The largest absolute Gasteiger partial charge is 0.453 e. The van der Waals surface area contributed by atoms with Crippen LogP contribution in [0.25, 0.3) is 0 Å². The molecule has 0 aromatic carbocycles. The highest BCUT2D eigenvalue weighted by Crippen LogP contribution is 2.34. The number of thiophene rings is 1. The van der Waals surface area contributed by atoms with Crippen molar-refractivity contribution in [1.29, 1.82) is 0 Å². The van der Waals surface area contributed by atoms with Crippen LogP contribution >= 0.6 is 22.9 Å². The summed E-state index contributed by atoms with van der Waals surface area (Å²) >= 11 is 7.58. The maximum Gasteiger partial charge on any atom is 0.407 e. The molecular weight excluding hydrogens is 298 g/mol. The van der Waals surface area contributed by atoms with Gasteiger partial charge in [-0.3, -0.25) is 4.90 Å². The Kier molecular flexibility index (Phi) is 5.26. The quantitative estimate of drug-likeness (QED) is 0.893. The Labute approximate surface area is 128 Å². The molecule has 3 atom stereocenters. The maximum absolute atomic E-state index is 11.3. The Morgan fingerprint density at radius 1 is 1.65 bits per heavy atom. The van der Waals surface area contributed by atoms with Crippen LogP contribution < -0.4 is 11.1 Å². The minimum Gasteiger partial charge on any atom is -0.453 e. The van der Waals surface area contributed by atoms with Crippen molar-refractivity contribution < 1.29 is 9.53 Å². The highest BCUT2D eigenvalue weighted by atomic mass is 35.5. The second-order valence-corrected chi connectivity index (χ2v) is 6.81. The average molecular weight is 318 g/mol. The predicted molar refractivity (Wildman–Crippen MR) is 81.2 cm³/mol. The summed E-state index contributed by atoms with van der Waals surface area (Å²) in [6.07, 6.45) is 0.519. The van der Waals surface area contributed by atoms with Gasteiger partial charge in [0.1, 0.15) is 0 Å². The molecule has 1 aliphatic rings. The number of likely N-dealkylation sites (tertiary alicyclic amines) is 1. The third-order valence-electron chi connectivity index (χ3n) is 3.50. The van der Waals surface area contributed by atoms with E-state index in [0.717, 1.165) is 23.8 Å². The van der Waals surface area contributed by atoms with Crippen molar-refractivity contribution in [1.82, 2.24) is 10.2 Å². The summed E-state index contributed by atoms with van der Waals surface area (Å²) in [4.78, 5) is 14.7. The van der Waals surface area contributed by atoms with Gasteiger partial charge in [0.05, 0.1) is 17.5 Å². The normalized spacial score (nSPS) is 22.5. The summed E-state index contributed by atoms with van der Waals surface area (Å²) in [5.41, 5.74) is 6.14. The highest BCUT2D eigenvalue weighted by Gasteiger charge is 2.32. The number of carbonyl (C=O) groups excluding carboxylic acids is 1. The van der Waals surface area contributed by atoms with E-state index in [1.165, 1.54) is 12.0 Å². The van der Waals surface area contributed by atoms with E-state index < -0.39 is 0 Å². The van der Waals surface area contributed by atoms with Crippen LogP contribution in [0, 0.1) is 0 Å². The van der Waals surface area contributed by atoms with Crippen LogP contribution in [0.15, 0.2) is 12.1 Å². The van der Waals surface area contributed by atoms with Crippen molar-refractivity contribution >= 4 is 29.0 Å². The summed E-state index contributed by atoms with van der Waals surface area (Å²) in [7, 11) is 1.38. The lowest BCUT2D eigenvalue weighted by Crippen LogP contribution is -2.41. The maximum atomic E-state index is 11.3. The molecule has 2 rings (SSSR count). The van der Waals surface area contributed by atoms with E-state index in [0.29, 0.717) is 0 Å². The molecule has 1 amide bonds. The lowest BCUT2D eigenvalue weighted by atomic mass is 10.1. The molecular formula is C13H20ClN3O2S. The van der Waals surface area contributed by atoms with Crippen molar-refractivity contribution in [3.05, 3.63) is 21.3 Å². The van der Waals surface area contributed by atoms with Crippen LogP contribution in [0.3, 0.4) is 0 Å². The minimum atomic E-state index is -0.381. The van der Waals surface area contributed by atoms with Crippen LogP contribution in [0.1, 0.15) is 24.3 Å². The summed E-state index contributed by atoms with van der Waals surface area (Å²) in [6, 6.07) is 4.18. The Bertz CT molecular complexity index is 466. The molecule has 3 N–H and O–H groups in total. The Balaban J connectivity index is 2.03. The molecule has 112 valence electrons. The van der Waals surface area contributed by atoms with Gasteiger partial charge in [0.15, 0.2) is 0 Å². The van der Waals surface area contributed by atoms with Crippen LogP contribution in [0.5, 0.6) is 0 Å². The fourth-order valence-corrected chi connectivity index (χ4v) is 3.95. The first-order valence-corrected chi connectivity index (χ1v) is 7.80. The molecule has 2 heterocycles. The van der Waals surface area contributed by atoms with Crippen molar-refractivity contribution in [2.75, 3.05) is 20.2 Å². The van der Waals surface area contributed by atoms with Gasteiger partial charge in [0.25, 0.3) is 0 Å². The van der Waals surface area contributed by atoms with Crippen LogP contribution in [0.2, 0.25) is 4.34 Å². The number of nitrogens with two attached hydrogens (primary N) is 1. The molecule has 1 aromatic heterocycles. The summed E-state index contributed by atoms with van der Waals surface area (Å²) < 4.78 is 5.41. The fourth-order valence-electron chi connectivity index (χ4n) is 2.64. The van der Waals surface area contributed by atoms with Gasteiger partial charge in [0.2, 0.25) is 0 Å². The van der Waals surface area contributed by atoms with Gasteiger partial charge in [-0.1, -0.05) is 11.6 Å². The lowest BCUT2D eigenvalue weighted by molar-refractivity contribution is 0.164. The monoisotopic (exact) mass is 317 g/mol. The van der Waals surface area contributed by atoms with Crippen molar-refractivity contribution in [2.24, 2.45) is 5.73 Å². The van der Waals surface area contributed by atoms with Gasteiger partial charge in [-0.05, 0) is 25.5 Å². The SMILES string of the molecule is COC(=O)NC1CCN(C(c2ccc(Cl)s2)C(C)N)C1. The summed E-state index contributed by atoms with van der Waals surface area (Å²) in [5.74, 6) is 0. The number of rotatable bonds is 4. The Morgan fingerprint density at radius 3 is 2.95 bits per heavy atom. The Morgan fingerprint density at radius 2 is 2.40 bits per heavy atom. The first kappa shape index (κ1) is 15.6. The smallest absolute Gasteiger partial charge is 0.407 e. The summed E-state index contributed by atoms with van der Waals surface area (Å²) in [5, 5.41) is 2.84. The van der Waals surface area contributed by atoms with Crippen LogP contribution in [-0.2, 0) is 4.74 Å². The first-order chi connectivity index (χ1) is 9.51. The fraction of sp³-hybridized carbons (Fsp3) is 0.615. The molecule has 0 spiro atoms. The van der Waals surface area contributed by atoms with Gasteiger partial charge in [-0.15, -0.1) is 11.3 Å². The van der Waals surface area contributed by atoms with E-state index in [-0.39, 0.29) is 24.2 Å². The average Bonchev–Trinajstić information content (AvgIpc) is 2.99. The third-order valence-corrected chi connectivity index (χ3v) is 4.81. The van der Waals surface area contributed by atoms with Gasteiger partial charge >= 0.3 is 6.09 Å². The van der Waals surface area contributed by atoms with Crippen molar-refractivity contribution in [2.45, 2.75) is 31.5 Å². The zero-order valence-corrected chi connectivity index (χ0v) is 13.2. The molecule has 1 aliphatic heterocycles. The van der Waals surface area contributed by atoms with E-state index >= 15 is 0 Å². The summed E-state index contributed by atoms with van der Waals surface area (Å²) in [6.45, 7) is 3.67. The molecule has 0 aliphatic carbocycles. The standard InChI is InChI=1S/C13H20ClN3O2S/c1-8(15)12(10-3-4-11(14)20-10)17-6-5-9(7-17)16-13(18)19-2/h3-4,8-9,12H,5-7,15H2,1-2H3,(H,16,18). The number of ether oxygens (including phenoxy) is 1. The minimum absolute atomic E-state index is 0.00148. The molecule has 0 bridgehead atoms. The number of alkyl carbamates (subject to hydrolysis) is 1. The highest BCUT2D eigenvalue weighted by molar-refractivity contribution is 7.16. The van der Waals surface area contributed by atoms with E-state index in [4.69, 9.17) is 17.3 Å². The van der Waals surface area contributed by atoms with E-state index in [9.17, 15) is 4.79 Å². The number of hydrogen-bond acceptors (Lipinski definition) is 5. The zero-order chi connectivity index (χ0) is 14.7. The second kappa shape index (κ2) is 6.76. The zero-order valence-electron chi connectivity index (χ0n) is 11.6. The number of nitrogens with one attached hydrogen (secondary N) is 1. The van der Waals surface area contributed by atoms with Gasteiger partial charge in [-0.2, -0.15) is 0 Å². The molecule has 1 fully saturated rings.